The molecule has 0 atom stereocenters. The van der Waals surface area contributed by atoms with Crippen LogP contribution < -0.4 is 0 Å². The molecule has 0 saturated carbocycles. The SMILES string of the molecule is CCCCCCCCCCCCCCCC(=O)OCCOCCOCCOCCOCCOCCOCCOCCOC(=O)CCC. The fourth-order valence-corrected chi connectivity index (χ4v) is 4.49. The Kier molecular flexibility index (Phi) is 39.7. The Balaban J connectivity index is 3.15. The molecule has 0 saturated heterocycles. The van der Waals surface area contributed by atoms with Gasteiger partial charge in [0.05, 0.1) is 92.5 Å². The normalized spacial score (nSPS) is 11.3. The third kappa shape index (κ3) is 40.7. The fraction of sp³-hybridized carbons (Fsp3) is 0.944. The van der Waals surface area contributed by atoms with E-state index in [9.17, 15) is 9.59 Å². The molecule has 0 aliphatic rings. The van der Waals surface area contributed by atoms with Crippen molar-refractivity contribution in [1.29, 1.82) is 0 Å². The maximum absolute atomic E-state index is 11.8. The van der Waals surface area contributed by atoms with Gasteiger partial charge in [-0.1, -0.05) is 90.9 Å². The van der Waals surface area contributed by atoms with Crippen LogP contribution >= 0.6 is 0 Å². The van der Waals surface area contributed by atoms with Crippen LogP contribution in [0, 0.1) is 0 Å². The molecule has 0 aliphatic heterocycles. The summed E-state index contributed by atoms with van der Waals surface area (Å²) in [6, 6.07) is 0. The minimum atomic E-state index is -0.188. The maximum Gasteiger partial charge on any atom is 0.305 e. The summed E-state index contributed by atoms with van der Waals surface area (Å²) in [4.78, 5) is 23.0. The van der Waals surface area contributed by atoms with Crippen LogP contribution in [-0.4, -0.2) is 118 Å². The lowest BCUT2D eigenvalue weighted by atomic mass is 10.0. The molecule has 280 valence electrons. The molecule has 11 heteroatoms. The van der Waals surface area contributed by atoms with E-state index >= 15 is 0 Å². The van der Waals surface area contributed by atoms with Crippen molar-refractivity contribution in [1.82, 2.24) is 0 Å². The van der Waals surface area contributed by atoms with E-state index < -0.39 is 0 Å². The first-order valence-electron chi connectivity index (χ1n) is 18.6. The molecule has 0 fully saturated rings. The summed E-state index contributed by atoms with van der Waals surface area (Å²) in [6.07, 6.45) is 18.5. The Morgan fingerprint density at radius 3 is 0.851 bits per heavy atom. The van der Waals surface area contributed by atoms with E-state index in [1.54, 1.807) is 0 Å². The number of ether oxygens (including phenoxy) is 9. The van der Waals surface area contributed by atoms with E-state index in [1.165, 1.54) is 70.6 Å². The van der Waals surface area contributed by atoms with Crippen LogP contribution in [0.4, 0.5) is 0 Å². The average molecular weight is 679 g/mol. The van der Waals surface area contributed by atoms with Gasteiger partial charge in [-0.05, 0) is 12.8 Å². The lowest BCUT2D eigenvalue weighted by Crippen LogP contribution is -2.15. The van der Waals surface area contributed by atoms with Gasteiger partial charge < -0.3 is 42.6 Å². The molecular formula is C36H70O11. The van der Waals surface area contributed by atoms with Crippen LogP contribution in [0.2, 0.25) is 0 Å². The standard InChI is InChI=1S/C36H70O11/c1-3-5-6-7-8-9-10-11-12-13-14-15-16-18-36(38)47-34-32-45-30-28-43-26-24-41-22-20-39-19-21-40-23-25-42-27-29-44-31-33-46-35(37)17-4-2/h3-34H2,1-2H3. The monoisotopic (exact) mass is 678 g/mol. The van der Waals surface area contributed by atoms with Crippen LogP contribution in [0.25, 0.3) is 0 Å². The Bertz CT molecular complexity index is 636. The first-order valence-corrected chi connectivity index (χ1v) is 18.6. The van der Waals surface area contributed by atoms with Gasteiger partial charge in [-0.15, -0.1) is 0 Å². The molecule has 0 bridgehead atoms. The number of hydrogen-bond donors (Lipinski definition) is 0. The van der Waals surface area contributed by atoms with E-state index in [0.29, 0.717) is 105 Å². The molecule has 0 radical (unpaired) electrons. The third-order valence-corrected chi connectivity index (χ3v) is 7.15. The zero-order chi connectivity index (χ0) is 34.1. The summed E-state index contributed by atoms with van der Waals surface area (Å²) in [6.45, 7) is 11.3. The molecule has 0 spiro atoms. The third-order valence-electron chi connectivity index (χ3n) is 7.15. The molecule has 47 heavy (non-hydrogen) atoms. The molecule has 0 aromatic heterocycles. The van der Waals surface area contributed by atoms with Crippen molar-refractivity contribution >= 4 is 11.9 Å². The number of carbonyl (C=O) groups is 2. The zero-order valence-corrected chi connectivity index (χ0v) is 30.1. The summed E-state index contributed by atoms with van der Waals surface area (Å²) >= 11 is 0. The molecule has 0 rings (SSSR count). The summed E-state index contributed by atoms with van der Waals surface area (Å²) < 4.78 is 48.3. The van der Waals surface area contributed by atoms with Crippen LogP contribution in [0.1, 0.15) is 117 Å². The predicted molar refractivity (Wildman–Crippen MR) is 183 cm³/mol. The first-order chi connectivity index (χ1) is 23.2. The molecule has 0 N–H and O–H groups in total. The highest BCUT2D eigenvalue weighted by atomic mass is 16.6. The number of unbranched alkanes of at least 4 members (excludes halogenated alkanes) is 12. The maximum atomic E-state index is 11.8. The Morgan fingerprint density at radius 2 is 0.553 bits per heavy atom. The molecule has 0 aromatic rings. The molecule has 0 amide bonds. The van der Waals surface area contributed by atoms with Crippen LogP contribution in [0.15, 0.2) is 0 Å². The van der Waals surface area contributed by atoms with Gasteiger partial charge in [0.2, 0.25) is 0 Å². The largest absolute Gasteiger partial charge is 0.463 e. The van der Waals surface area contributed by atoms with E-state index in [2.05, 4.69) is 6.92 Å². The zero-order valence-electron chi connectivity index (χ0n) is 30.1. The topological polar surface area (TPSA) is 117 Å². The van der Waals surface area contributed by atoms with Gasteiger partial charge in [0, 0.05) is 12.8 Å². The highest BCUT2D eigenvalue weighted by Gasteiger charge is 2.03. The number of esters is 2. The van der Waals surface area contributed by atoms with Crippen molar-refractivity contribution in [2.75, 3.05) is 106 Å². The van der Waals surface area contributed by atoms with Crippen molar-refractivity contribution in [3.8, 4) is 0 Å². The molecule has 0 aliphatic carbocycles. The van der Waals surface area contributed by atoms with Gasteiger partial charge in [0.1, 0.15) is 13.2 Å². The van der Waals surface area contributed by atoms with Crippen LogP contribution in [-0.2, 0) is 52.2 Å². The van der Waals surface area contributed by atoms with E-state index in [0.717, 1.165) is 19.3 Å². The number of rotatable bonds is 40. The quantitative estimate of drug-likeness (QED) is 0.0524. The van der Waals surface area contributed by atoms with Gasteiger partial charge >= 0.3 is 11.9 Å². The van der Waals surface area contributed by atoms with E-state index in [1.807, 2.05) is 6.92 Å². The highest BCUT2D eigenvalue weighted by molar-refractivity contribution is 5.69. The average Bonchev–Trinajstić information content (AvgIpc) is 3.07. The van der Waals surface area contributed by atoms with Crippen molar-refractivity contribution in [2.24, 2.45) is 0 Å². The van der Waals surface area contributed by atoms with Crippen LogP contribution in [0.3, 0.4) is 0 Å². The summed E-state index contributed by atoms with van der Waals surface area (Å²) in [5, 5.41) is 0. The Hall–Kier alpha value is -1.34. The lowest BCUT2D eigenvalue weighted by Gasteiger charge is -2.09. The fourth-order valence-electron chi connectivity index (χ4n) is 4.49. The van der Waals surface area contributed by atoms with Gasteiger partial charge in [0.15, 0.2) is 0 Å². The Labute approximate surface area is 286 Å². The minimum absolute atomic E-state index is 0.133. The smallest absolute Gasteiger partial charge is 0.305 e. The number of hydrogen-bond acceptors (Lipinski definition) is 11. The van der Waals surface area contributed by atoms with Gasteiger partial charge in [-0.2, -0.15) is 0 Å². The molecular weight excluding hydrogens is 608 g/mol. The Morgan fingerprint density at radius 1 is 0.298 bits per heavy atom. The molecule has 0 unspecified atom stereocenters. The van der Waals surface area contributed by atoms with Crippen molar-refractivity contribution in [2.45, 2.75) is 117 Å². The minimum Gasteiger partial charge on any atom is -0.463 e. The lowest BCUT2D eigenvalue weighted by molar-refractivity contribution is -0.146. The second-order valence-corrected chi connectivity index (χ2v) is 11.5. The summed E-state index contributed by atoms with van der Waals surface area (Å²) in [5.74, 6) is -0.321. The van der Waals surface area contributed by atoms with Gasteiger partial charge in [-0.25, -0.2) is 0 Å². The molecule has 11 nitrogen and oxygen atoms in total. The van der Waals surface area contributed by atoms with Crippen LogP contribution in [0.5, 0.6) is 0 Å². The van der Waals surface area contributed by atoms with Crippen molar-refractivity contribution in [3.63, 3.8) is 0 Å². The number of carbonyl (C=O) groups excluding carboxylic acids is 2. The van der Waals surface area contributed by atoms with E-state index in [4.69, 9.17) is 42.6 Å². The van der Waals surface area contributed by atoms with Gasteiger partial charge in [0.25, 0.3) is 0 Å². The predicted octanol–water partition coefficient (Wildman–Crippen LogP) is 6.47. The van der Waals surface area contributed by atoms with E-state index in [-0.39, 0.29) is 25.2 Å². The first kappa shape index (κ1) is 45.7. The summed E-state index contributed by atoms with van der Waals surface area (Å²) in [5.41, 5.74) is 0. The molecule has 0 aromatic carbocycles. The second-order valence-electron chi connectivity index (χ2n) is 11.5. The second kappa shape index (κ2) is 40.8. The van der Waals surface area contributed by atoms with Crippen molar-refractivity contribution in [3.05, 3.63) is 0 Å². The highest BCUT2D eigenvalue weighted by Crippen LogP contribution is 2.13. The summed E-state index contributed by atoms with van der Waals surface area (Å²) in [7, 11) is 0. The molecule has 0 heterocycles. The van der Waals surface area contributed by atoms with Gasteiger partial charge in [-0.3, -0.25) is 9.59 Å². The van der Waals surface area contributed by atoms with Crippen molar-refractivity contribution < 1.29 is 52.2 Å².